The minimum atomic E-state index is -0.100. The lowest BCUT2D eigenvalue weighted by molar-refractivity contribution is 0.164. The lowest BCUT2D eigenvalue weighted by Gasteiger charge is -2.40. The van der Waals surface area contributed by atoms with Crippen LogP contribution in [0.1, 0.15) is 41.0 Å². The van der Waals surface area contributed by atoms with E-state index in [0.29, 0.717) is 5.92 Å². The molecule has 0 saturated carbocycles. The maximum atomic E-state index is 13.8. The number of rotatable bonds is 3. The molecular formula is C17H26FN. The van der Waals surface area contributed by atoms with Crippen LogP contribution in [0.2, 0.25) is 0 Å². The van der Waals surface area contributed by atoms with Gasteiger partial charge in [-0.1, -0.05) is 37.3 Å². The smallest absolute Gasteiger partial charge is 0.120 e. The van der Waals surface area contributed by atoms with Gasteiger partial charge in [-0.05, 0) is 39.7 Å². The topological polar surface area (TPSA) is 3.24 Å². The molecular weight excluding hydrogens is 237 g/mol. The first-order valence-electron chi connectivity index (χ1n) is 6.84. The number of hydrogen-bond acceptors (Lipinski definition) is 1. The van der Waals surface area contributed by atoms with E-state index >= 15 is 0 Å². The quantitative estimate of drug-likeness (QED) is 0.648. The Morgan fingerprint density at radius 2 is 2.05 bits per heavy atom. The molecule has 0 spiro atoms. The second-order valence-corrected chi connectivity index (χ2v) is 5.66. The van der Waals surface area contributed by atoms with Crippen LogP contribution in [0.4, 0.5) is 4.39 Å². The molecule has 1 fully saturated rings. The summed E-state index contributed by atoms with van der Waals surface area (Å²) >= 11 is 0. The van der Waals surface area contributed by atoms with Gasteiger partial charge in [0.05, 0.1) is 5.70 Å². The van der Waals surface area contributed by atoms with Gasteiger partial charge in [-0.25, -0.2) is 4.39 Å². The molecule has 19 heavy (non-hydrogen) atoms. The Kier molecular flexibility index (Phi) is 4.78. The molecule has 106 valence electrons. The Hall–Kier alpha value is -1.31. The van der Waals surface area contributed by atoms with Crippen LogP contribution < -0.4 is 0 Å². The number of halogens is 1. The van der Waals surface area contributed by atoms with Gasteiger partial charge in [-0.2, -0.15) is 0 Å². The van der Waals surface area contributed by atoms with E-state index in [1.165, 1.54) is 12.5 Å². The van der Waals surface area contributed by atoms with Gasteiger partial charge in [0.15, 0.2) is 0 Å². The highest BCUT2D eigenvalue weighted by molar-refractivity contribution is 5.41. The predicted molar refractivity (Wildman–Crippen MR) is 81.5 cm³/mol. The average molecular weight is 263 g/mol. The van der Waals surface area contributed by atoms with E-state index in [4.69, 9.17) is 0 Å². The summed E-state index contributed by atoms with van der Waals surface area (Å²) < 4.78 is 13.8. The number of nitrogens with zero attached hydrogens (tertiary/aromatic N) is 1. The minimum absolute atomic E-state index is 0.0892. The molecule has 1 rings (SSSR count). The van der Waals surface area contributed by atoms with Crippen molar-refractivity contribution >= 4 is 0 Å². The van der Waals surface area contributed by atoms with Crippen molar-refractivity contribution in [2.75, 3.05) is 7.05 Å². The maximum absolute atomic E-state index is 13.8. The van der Waals surface area contributed by atoms with Crippen molar-refractivity contribution in [3.63, 3.8) is 0 Å². The average Bonchev–Trinajstić information content (AvgIpc) is 2.62. The Morgan fingerprint density at radius 1 is 1.47 bits per heavy atom. The summed E-state index contributed by atoms with van der Waals surface area (Å²) in [5.74, 6) is 0.235. The standard InChI is InChI=1S/C17H26FN/c1-8-10-12(3)13(4)17(6)11-15(9-2)16(14(5)18)19(17)7/h8-10,13H,1,11H2,2-7H3/b12-10+,15-9+,16-14+. The minimum Gasteiger partial charge on any atom is -0.366 e. The van der Waals surface area contributed by atoms with Crippen LogP contribution in [0.5, 0.6) is 0 Å². The summed E-state index contributed by atoms with van der Waals surface area (Å²) in [7, 11) is 1.99. The largest absolute Gasteiger partial charge is 0.366 e. The van der Waals surface area contributed by atoms with Crippen molar-refractivity contribution in [3.8, 4) is 0 Å². The molecule has 1 heterocycles. The molecule has 0 bridgehead atoms. The third kappa shape index (κ3) is 2.68. The molecule has 1 aliphatic heterocycles. The number of hydrogen-bond donors (Lipinski definition) is 0. The van der Waals surface area contributed by atoms with Gasteiger partial charge in [0.2, 0.25) is 0 Å². The molecule has 0 amide bonds. The van der Waals surface area contributed by atoms with E-state index in [2.05, 4.69) is 32.3 Å². The zero-order valence-corrected chi connectivity index (χ0v) is 13.0. The number of likely N-dealkylation sites (tertiary alicyclic amines) is 1. The maximum Gasteiger partial charge on any atom is 0.120 e. The van der Waals surface area contributed by atoms with Gasteiger partial charge in [0.1, 0.15) is 5.83 Å². The first-order chi connectivity index (χ1) is 8.79. The van der Waals surface area contributed by atoms with Gasteiger partial charge >= 0.3 is 0 Å². The van der Waals surface area contributed by atoms with E-state index in [1.807, 2.05) is 32.2 Å². The summed E-state index contributed by atoms with van der Waals surface area (Å²) in [6, 6.07) is 0. The van der Waals surface area contributed by atoms with Crippen molar-refractivity contribution in [2.45, 2.75) is 46.6 Å². The Morgan fingerprint density at radius 3 is 2.42 bits per heavy atom. The summed E-state index contributed by atoms with van der Waals surface area (Å²) in [6.07, 6.45) is 6.76. The zero-order chi connectivity index (χ0) is 14.8. The molecule has 1 aliphatic rings. The molecule has 2 unspecified atom stereocenters. The van der Waals surface area contributed by atoms with E-state index in [9.17, 15) is 4.39 Å². The van der Waals surface area contributed by atoms with Gasteiger partial charge in [0, 0.05) is 18.5 Å². The molecule has 0 radical (unpaired) electrons. The zero-order valence-electron chi connectivity index (χ0n) is 13.0. The number of allylic oxidation sites excluding steroid dienone is 5. The highest BCUT2D eigenvalue weighted by Gasteiger charge is 2.44. The van der Waals surface area contributed by atoms with E-state index in [-0.39, 0.29) is 11.4 Å². The van der Waals surface area contributed by atoms with Gasteiger partial charge in [-0.3, -0.25) is 0 Å². The van der Waals surface area contributed by atoms with E-state index in [1.54, 1.807) is 0 Å². The van der Waals surface area contributed by atoms with Gasteiger partial charge < -0.3 is 4.90 Å². The van der Waals surface area contributed by atoms with Crippen molar-refractivity contribution in [2.24, 2.45) is 5.92 Å². The van der Waals surface area contributed by atoms with Crippen molar-refractivity contribution in [1.29, 1.82) is 0 Å². The van der Waals surface area contributed by atoms with Crippen LogP contribution >= 0.6 is 0 Å². The Bertz CT molecular complexity index is 452. The first-order valence-corrected chi connectivity index (χ1v) is 6.84. The molecule has 1 saturated heterocycles. The monoisotopic (exact) mass is 263 g/mol. The Labute approximate surface area is 117 Å². The molecule has 2 heteroatoms. The fourth-order valence-corrected chi connectivity index (χ4v) is 3.01. The summed E-state index contributed by atoms with van der Waals surface area (Å²) in [5, 5.41) is 0. The fraction of sp³-hybridized carbons (Fsp3) is 0.529. The molecule has 0 aliphatic carbocycles. The van der Waals surface area contributed by atoms with Crippen LogP contribution in [0.25, 0.3) is 0 Å². The van der Waals surface area contributed by atoms with E-state index in [0.717, 1.165) is 17.7 Å². The molecule has 0 aromatic rings. The van der Waals surface area contributed by atoms with Crippen LogP contribution in [-0.2, 0) is 0 Å². The van der Waals surface area contributed by atoms with Gasteiger partial charge in [0.25, 0.3) is 0 Å². The van der Waals surface area contributed by atoms with Crippen LogP contribution in [0.3, 0.4) is 0 Å². The molecule has 0 aromatic heterocycles. The Balaban J connectivity index is 3.25. The SMILES string of the molecule is C=C/C=C(\C)C(C)C1(C)CC(=C\C)/C(=C(/C)F)N1C. The second-order valence-electron chi connectivity index (χ2n) is 5.66. The number of likely N-dealkylation sites (N-methyl/N-ethyl adjacent to an activating group) is 1. The predicted octanol–water partition coefficient (Wildman–Crippen LogP) is 5.00. The van der Waals surface area contributed by atoms with Crippen LogP contribution in [-0.4, -0.2) is 17.5 Å². The van der Waals surface area contributed by atoms with Crippen LogP contribution in [0.15, 0.2) is 47.5 Å². The third-order valence-electron chi connectivity index (χ3n) is 4.63. The highest BCUT2D eigenvalue weighted by Crippen LogP contribution is 2.46. The summed E-state index contributed by atoms with van der Waals surface area (Å²) in [4.78, 5) is 2.10. The normalized spacial score (nSPS) is 30.8. The van der Waals surface area contributed by atoms with Crippen LogP contribution in [0, 0.1) is 5.92 Å². The van der Waals surface area contributed by atoms with E-state index < -0.39 is 0 Å². The summed E-state index contributed by atoms with van der Waals surface area (Å²) in [6.45, 7) is 13.8. The summed E-state index contributed by atoms with van der Waals surface area (Å²) in [5.41, 5.74) is 3.04. The lowest BCUT2D eigenvalue weighted by Crippen LogP contribution is -2.44. The lowest BCUT2D eigenvalue weighted by atomic mass is 9.79. The van der Waals surface area contributed by atoms with Gasteiger partial charge in [-0.15, -0.1) is 0 Å². The van der Waals surface area contributed by atoms with Crippen molar-refractivity contribution < 1.29 is 4.39 Å². The highest BCUT2D eigenvalue weighted by atomic mass is 19.1. The molecule has 0 aromatic carbocycles. The van der Waals surface area contributed by atoms with Crippen molar-refractivity contribution in [1.82, 2.24) is 4.90 Å². The first kappa shape index (κ1) is 15.7. The molecule has 1 nitrogen and oxygen atoms in total. The van der Waals surface area contributed by atoms with Crippen molar-refractivity contribution in [3.05, 3.63) is 47.5 Å². The third-order valence-corrected chi connectivity index (χ3v) is 4.63. The molecule has 0 N–H and O–H groups in total. The second kappa shape index (κ2) is 5.77. The molecule has 2 atom stereocenters. The fourth-order valence-electron chi connectivity index (χ4n) is 3.01.